The van der Waals surface area contributed by atoms with Gasteiger partial charge in [-0.15, -0.1) is 0 Å². The largest absolute Gasteiger partial charge is 0.324 e. The molecule has 14 heavy (non-hydrogen) atoms. The third-order valence-corrected chi connectivity index (χ3v) is 2.60. The van der Waals surface area contributed by atoms with Crippen LogP contribution in [0.25, 0.3) is 5.52 Å². The summed E-state index contributed by atoms with van der Waals surface area (Å²) in [4.78, 5) is 4.18. The highest BCUT2D eigenvalue weighted by Gasteiger charge is 2.07. The molecule has 2 rings (SSSR count). The fourth-order valence-corrected chi connectivity index (χ4v) is 1.75. The van der Waals surface area contributed by atoms with Crippen molar-refractivity contribution in [3.05, 3.63) is 34.9 Å². The highest BCUT2D eigenvalue weighted by molar-refractivity contribution is 6.32. The number of pyridine rings is 1. The van der Waals surface area contributed by atoms with Gasteiger partial charge in [0.05, 0.1) is 5.52 Å². The minimum atomic E-state index is 0.0278. The van der Waals surface area contributed by atoms with Gasteiger partial charge in [0, 0.05) is 12.2 Å². The number of imidazole rings is 1. The number of halogens is 1. The molecule has 2 aromatic heterocycles. The Balaban J connectivity index is 2.71. The molecule has 3 nitrogen and oxygen atoms in total. The molecule has 0 fully saturated rings. The Bertz CT molecular complexity index is 473. The molecule has 4 heteroatoms. The monoisotopic (exact) mass is 209 g/mol. The molecule has 0 spiro atoms. The van der Waals surface area contributed by atoms with Crippen molar-refractivity contribution in [3.8, 4) is 0 Å². The molecule has 74 valence electrons. The number of nitrogens with zero attached hydrogens (tertiary/aromatic N) is 2. The van der Waals surface area contributed by atoms with E-state index in [2.05, 4.69) is 4.98 Å². The number of rotatable bonds is 1. The van der Waals surface area contributed by atoms with Crippen molar-refractivity contribution in [1.29, 1.82) is 0 Å². The average Bonchev–Trinajstić information content (AvgIpc) is 2.42. The molecule has 0 radical (unpaired) electrons. The summed E-state index contributed by atoms with van der Waals surface area (Å²) >= 11 is 5.95. The molecule has 0 saturated heterocycles. The van der Waals surface area contributed by atoms with E-state index in [9.17, 15) is 0 Å². The molecular formula is C10H12ClN3. The van der Waals surface area contributed by atoms with Gasteiger partial charge >= 0.3 is 0 Å². The molecular weight excluding hydrogens is 198 g/mol. The van der Waals surface area contributed by atoms with Gasteiger partial charge < -0.3 is 10.1 Å². The van der Waals surface area contributed by atoms with E-state index in [1.807, 2.05) is 36.6 Å². The maximum atomic E-state index is 5.95. The van der Waals surface area contributed by atoms with Gasteiger partial charge in [-0.3, -0.25) is 0 Å². The molecule has 0 amide bonds. The Morgan fingerprint density at radius 3 is 2.86 bits per heavy atom. The predicted molar refractivity (Wildman–Crippen MR) is 57.5 cm³/mol. The van der Waals surface area contributed by atoms with Crippen LogP contribution in [0.1, 0.15) is 24.4 Å². The predicted octanol–water partition coefficient (Wildman–Crippen LogP) is 2.32. The number of aromatic nitrogens is 2. The van der Waals surface area contributed by atoms with Crippen molar-refractivity contribution in [2.24, 2.45) is 5.73 Å². The van der Waals surface area contributed by atoms with Crippen molar-refractivity contribution in [2.75, 3.05) is 0 Å². The maximum absolute atomic E-state index is 5.95. The van der Waals surface area contributed by atoms with Gasteiger partial charge in [-0.1, -0.05) is 17.7 Å². The van der Waals surface area contributed by atoms with Crippen LogP contribution in [0.2, 0.25) is 5.15 Å². The second kappa shape index (κ2) is 3.26. The average molecular weight is 210 g/mol. The van der Waals surface area contributed by atoms with E-state index in [0.717, 1.165) is 16.9 Å². The molecule has 0 bridgehead atoms. The van der Waals surface area contributed by atoms with Gasteiger partial charge in [-0.25, -0.2) is 4.98 Å². The van der Waals surface area contributed by atoms with Gasteiger partial charge in [0.2, 0.25) is 0 Å². The Kier molecular flexibility index (Phi) is 2.21. The van der Waals surface area contributed by atoms with Gasteiger partial charge in [-0.05, 0) is 25.5 Å². The third-order valence-electron chi connectivity index (χ3n) is 2.32. The fourth-order valence-electron chi connectivity index (χ4n) is 1.48. The molecule has 2 heterocycles. The molecule has 1 atom stereocenters. The van der Waals surface area contributed by atoms with Gasteiger partial charge in [0.1, 0.15) is 5.82 Å². The summed E-state index contributed by atoms with van der Waals surface area (Å²) in [6, 6.07) is 3.95. The van der Waals surface area contributed by atoms with Crippen LogP contribution in [0, 0.1) is 6.92 Å². The normalized spacial score (nSPS) is 13.4. The zero-order chi connectivity index (χ0) is 10.3. The van der Waals surface area contributed by atoms with Crippen LogP contribution in [0.3, 0.4) is 0 Å². The van der Waals surface area contributed by atoms with Crippen molar-refractivity contribution in [3.63, 3.8) is 0 Å². The Morgan fingerprint density at radius 2 is 2.21 bits per heavy atom. The Morgan fingerprint density at radius 1 is 1.50 bits per heavy atom. The van der Waals surface area contributed by atoms with Crippen LogP contribution in [0.4, 0.5) is 0 Å². The summed E-state index contributed by atoms with van der Waals surface area (Å²) < 4.78 is 1.96. The van der Waals surface area contributed by atoms with Crippen LogP contribution in [0.5, 0.6) is 0 Å². The summed E-state index contributed by atoms with van der Waals surface area (Å²) in [6.07, 6.45) is 1.98. The minimum Gasteiger partial charge on any atom is -0.324 e. The number of hydrogen-bond acceptors (Lipinski definition) is 2. The number of nitrogens with two attached hydrogens (primary N) is 1. The SMILES string of the molecule is Cc1nc(Cl)c2ccc(C(C)N)cn12. The summed E-state index contributed by atoms with van der Waals surface area (Å²) in [7, 11) is 0. The zero-order valence-corrected chi connectivity index (χ0v) is 8.92. The van der Waals surface area contributed by atoms with E-state index >= 15 is 0 Å². The van der Waals surface area contributed by atoms with Crippen molar-refractivity contribution >= 4 is 17.1 Å². The Labute approximate surface area is 87.5 Å². The molecule has 0 aliphatic rings. The van der Waals surface area contributed by atoms with Crippen LogP contribution >= 0.6 is 11.6 Å². The first-order valence-electron chi connectivity index (χ1n) is 4.49. The van der Waals surface area contributed by atoms with Crippen LogP contribution in [0.15, 0.2) is 18.3 Å². The van der Waals surface area contributed by atoms with Crippen LogP contribution < -0.4 is 5.73 Å². The molecule has 2 aromatic rings. The van der Waals surface area contributed by atoms with Crippen LogP contribution in [-0.2, 0) is 0 Å². The highest BCUT2D eigenvalue weighted by Crippen LogP contribution is 2.20. The molecule has 0 aliphatic heterocycles. The highest BCUT2D eigenvalue weighted by atomic mass is 35.5. The van der Waals surface area contributed by atoms with Gasteiger partial charge in [0.25, 0.3) is 0 Å². The molecule has 1 unspecified atom stereocenters. The quantitative estimate of drug-likeness (QED) is 0.784. The topological polar surface area (TPSA) is 43.3 Å². The third kappa shape index (κ3) is 1.38. The van der Waals surface area contributed by atoms with E-state index in [-0.39, 0.29) is 6.04 Å². The van der Waals surface area contributed by atoms with E-state index in [1.54, 1.807) is 0 Å². The smallest absolute Gasteiger partial charge is 0.155 e. The maximum Gasteiger partial charge on any atom is 0.155 e. The zero-order valence-electron chi connectivity index (χ0n) is 8.16. The van der Waals surface area contributed by atoms with E-state index < -0.39 is 0 Å². The first-order valence-corrected chi connectivity index (χ1v) is 4.87. The van der Waals surface area contributed by atoms with Crippen molar-refractivity contribution in [1.82, 2.24) is 9.38 Å². The number of fused-ring (bicyclic) bond motifs is 1. The summed E-state index contributed by atoms with van der Waals surface area (Å²) in [6.45, 7) is 3.87. The lowest BCUT2D eigenvalue weighted by Crippen LogP contribution is -2.06. The summed E-state index contributed by atoms with van der Waals surface area (Å²) in [5, 5.41) is 0.540. The second-order valence-electron chi connectivity index (χ2n) is 3.46. The van der Waals surface area contributed by atoms with Crippen LogP contribution in [-0.4, -0.2) is 9.38 Å². The minimum absolute atomic E-state index is 0.0278. The van der Waals surface area contributed by atoms with E-state index in [1.165, 1.54) is 0 Å². The van der Waals surface area contributed by atoms with Crippen molar-refractivity contribution in [2.45, 2.75) is 19.9 Å². The summed E-state index contributed by atoms with van der Waals surface area (Å²) in [5.41, 5.74) is 7.80. The molecule has 2 N–H and O–H groups in total. The molecule has 0 aromatic carbocycles. The standard InChI is InChI=1S/C10H12ClN3/c1-6(12)8-3-4-9-10(11)13-7(2)14(9)5-8/h3-6H,12H2,1-2H3. The number of aryl methyl sites for hydroxylation is 1. The van der Waals surface area contributed by atoms with Crippen molar-refractivity contribution < 1.29 is 0 Å². The van der Waals surface area contributed by atoms with E-state index in [0.29, 0.717) is 5.15 Å². The lowest BCUT2D eigenvalue weighted by Gasteiger charge is -2.06. The second-order valence-corrected chi connectivity index (χ2v) is 3.81. The molecule has 0 aliphatic carbocycles. The lowest BCUT2D eigenvalue weighted by molar-refractivity contribution is 0.806. The Hall–Kier alpha value is -1.06. The summed E-state index contributed by atoms with van der Waals surface area (Å²) in [5.74, 6) is 0.882. The first-order chi connectivity index (χ1) is 6.59. The van der Waals surface area contributed by atoms with Gasteiger partial charge in [0.15, 0.2) is 5.15 Å². The van der Waals surface area contributed by atoms with Gasteiger partial charge in [-0.2, -0.15) is 0 Å². The number of hydrogen-bond donors (Lipinski definition) is 1. The first kappa shape index (κ1) is 9.49. The molecule has 0 saturated carbocycles. The van der Waals surface area contributed by atoms with E-state index in [4.69, 9.17) is 17.3 Å². The fraction of sp³-hybridized carbons (Fsp3) is 0.300. The lowest BCUT2D eigenvalue weighted by atomic mass is 10.1.